The largest absolute Gasteiger partial charge is 0.378 e. The Morgan fingerprint density at radius 3 is 2.30 bits per heavy atom. The minimum atomic E-state index is 0.171. The van der Waals surface area contributed by atoms with E-state index < -0.39 is 0 Å². The fourth-order valence-corrected chi connectivity index (χ4v) is 0.799. The number of rotatable bonds is 0. The molecule has 1 aliphatic heterocycles. The smallest absolute Gasteiger partial charge is 0.0752 e. The summed E-state index contributed by atoms with van der Waals surface area (Å²) in [4.78, 5) is 0. The first-order valence-electron chi connectivity index (χ1n) is 3.73. The van der Waals surface area contributed by atoms with Gasteiger partial charge in [-0.3, -0.25) is 0 Å². The fourth-order valence-electron chi connectivity index (χ4n) is 0.799. The third-order valence-electron chi connectivity index (χ3n) is 1.50. The van der Waals surface area contributed by atoms with Crippen LogP contribution in [0.15, 0.2) is 0 Å². The maximum absolute atomic E-state index is 5.07. The van der Waals surface area contributed by atoms with Crippen LogP contribution in [0.3, 0.4) is 0 Å². The molecule has 0 N–H and O–H groups in total. The van der Waals surface area contributed by atoms with E-state index in [0.717, 1.165) is 13.2 Å². The van der Waals surface area contributed by atoms with Crippen molar-refractivity contribution >= 4 is 0 Å². The third-order valence-corrected chi connectivity index (χ3v) is 1.50. The summed E-state index contributed by atoms with van der Waals surface area (Å²) in [5, 5.41) is 0. The first-order chi connectivity index (χ1) is 4.62. The molecule has 10 heavy (non-hydrogen) atoms. The van der Waals surface area contributed by atoms with Crippen molar-refractivity contribution in [2.24, 2.45) is 11.3 Å². The van der Waals surface area contributed by atoms with E-state index in [4.69, 9.17) is 4.74 Å². The molecule has 1 heteroatoms. The molecule has 0 amide bonds. The van der Waals surface area contributed by atoms with Crippen molar-refractivity contribution in [2.75, 3.05) is 13.2 Å². The van der Waals surface area contributed by atoms with E-state index in [1.54, 1.807) is 0 Å². The van der Waals surface area contributed by atoms with E-state index in [1.165, 1.54) is 0 Å². The summed E-state index contributed by atoms with van der Waals surface area (Å²) >= 11 is 0. The van der Waals surface area contributed by atoms with E-state index in [0.29, 0.717) is 5.92 Å². The number of hydrogen-bond donors (Lipinski definition) is 0. The lowest BCUT2D eigenvalue weighted by molar-refractivity contribution is -0.0649. The second kappa shape index (κ2) is 2.64. The standard InChI is InChI=1S/C9H14O/c1-8(2)4-5-9(3)6-10-7-9/h8H,6-7H2,1-3H3. The Kier molecular flexibility index (Phi) is 2.01. The van der Waals surface area contributed by atoms with Crippen LogP contribution in [0.4, 0.5) is 0 Å². The topological polar surface area (TPSA) is 9.23 Å². The average molecular weight is 138 g/mol. The van der Waals surface area contributed by atoms with Gasteiger partial charge in [-0.25, -0.2) is 0 Å². The zero-order valence-electron chi connectivity index (χ0n) is 6.90. The quantitative estimate of drug-likeness (QED) is 0.463. The predicted molar refractivity (Wildman–Crippen MR) is 41.5 cm³/mol. The molecule has 1 heterocycles. The molecular weight excluding hydrogens is 124 g/mol. The van der Waals surface area contributed by atoms with Crippen molar-refractivity contribution in [3.63, 3.8) is 0 Å². The molecule has 0 radical (unpaired) electrons. The highest BCUT2D eigenvalue weighted by Gasteiger charge is 2.30. The van der Waals surface area contributed by atoms with E-state index in [1.807, 2.05) is 0 Å². The van der Waals surface area contributed by atoms with Gasteiger partial charge in [-0.2, -0.15) is 0 Å². The fraction of sp³-hybridized carbons (Fsp3) is 0.778. The molecule has 1 nitrogen and oxygen atoms in total. The summed E-state index contributed by atoms with van der Waals surface area (Å²) < 4.78 is 5.07. The summed E-state index contributed by atoms with van der Waals surface area (Å²) in [7, 11) is 0. The van der Waals surface area contributed by atoms with Crippen molar-refractivity contribution < 1.29 is 4.74 Å². The second-order valence-corrected chi connectivity index (χ2v) is 3.48. The summed E-state index contributed by atoms with van der Waals surface area (Å²) in [6, 6.07) is 0. The normalized spacial score (nSPS) is 21.2. The molecule has 1 rings (SSSR count). The van der Waals surface area contributed by atoms with E-state index in [2.05, 4.69) is 32.6 Å². The van der Waals surface area contributed by atoms with Gasteiger partial charge in [-0.1, -0.05) is 25.7 Å². The van der Waals surface area contributed by atoms with Crippen LogP contribution in [0, 0.1) is 23.2 Å². The molecule has 56 valence electrons. The van der Waals surface area contributed by atoms with Gasteiger partial charge in [0.15, 0.2) is 0 Å². The van der Waals surface area contributed by atoms with Crippen molar-refractivity contribution in [1.29, 1.82) is 0 Å². The lowest BCUT2D eigenvalue weighted by Crippen LogP contribution is -2.38. The summed E-state index contributed by atoms with van der Waals surface area (Å²) in [6.45, 7) is 7.98. The van der Waals surface area contributed by atoms with E-state index >= 15 is 0 Å². The van der Waals surface area contributed by atoms with Crippen molar-refractivity contribution in [3.8, 4) is 11.8 Å². The summed E-state index contributed by atoms with van der Waals surface area (Å²) in [5.41, 5.74) is 0.171. The number of ether oxygens (including phenoxy) is 1. The summed E-state index contributed by atoms with van der Waals surface area (Å²) in [5.74, 6) is 6.86. The van der Waals surface area contributed by atoms with Gasteiger partial charge in [-0.05, 0) is 6.92 Å². The minimum absolute atomic E-state index is 0.171. The van der Waals surface area contributed by atoms with Gasteiger partial charge >= 0.3 is 0 Å². The van der Waals surface area contributed by atoms with Crippen LogP contribution in [0.1, 0.15) is 20.8 Å². The van der Waals surface area contributed by atoms with Crippen molar-refractivity contribution in [1.82, 2.24) is 0 Å². The zero-order chi connectivity index (χ0) is 7.61. The SMILES string of the molecule is CC(C)C#CC1(C)COC1. The Labute approximate surface area is 62.8 Å². The first kappa shape index (κ1) is 7.63. The second-order valence-electron chi connectivity index (χ2n) is 3.48. The summed E-state index contributed by atoms with van der Waals surface area (Å²) in [6.07, 6.45) is 0. The Morgan fingerprint density at radius 2 is 2.00 bits per heavy atom. The third kappa shape index (κ3) is 1.75. The van der Waals surface area contributed by atoms with Crippen LogP contribution in [0.25, 0.3) is 0 Å². The molecule has 0 bridgehead atoms. The van der Waals surface area contributed by atoms with Gasteiger partial charge in [0.2, 0.25) is 0 Å². The highest BCUT2D eigenvalue weighted by molar-refractivity contribution is 5.14. The molecule has 0 saturated carbocycles. The molecule has 0 aromatic rings. The minimum Gasteiger partial charge on any atom is -0.378 e. The van der Waals surface area contributed by atoms with Gasteiger partial charge in [0, 0.05) is 5.92 Å². The Bertz CT molecular complexity index is 167. The number of hydrogen-bond acceptors (Lipinski definition) is 1. The molecule has 0 aromatic carbocycles. The van der Waals surface area contributed by atoms with E-state index in [-0.39, 0.29) is 5.41 Å². The zero-order valence-corrected chi connectivity index (χ0v) is 6.90. The van der Waals surface area contributed by atoms with Gasteiger partial charge in [0.1, 0.15) is 0 Å². The van der Waals surface area contributed by atoms with Crippen LogP contribution in [0.2, 0.25) is 0 Å². The Morgan fingerprint density at radius 1 is 1.40 bits per heavy atom. The van der Waals surface area contributed by atoms with E-state index in [9.17, 15) is 0 Å². The molecule has 1 saturated heterocycles. The van der Waals surface area contributed by atoms with Gasteiger partial charge in [0.25, 0.3) is 0 Å². The molecule has 0 aromatic heterocycles. The highest BCUT2D eigenvalue weighted by atomic mass is 16.5. The maximum atomic E-state index is 5.07. The molecule has 0 atom stereocenters. The molecule has 0 unspecified atom stereocenters. The lowest BCUT2D eigenvalue weighted by atomic mass is 9.89. The predicted octanol–water partition coefficient (Wildman–Crippen LogP) is 1.68. The van der Waals surface area contributed by atoms with Crippen molar-refractivity contribution in [2.45, 2.75) is 20.8 Å². The van der Waals surface area contributed by atoms with Crippen LogP contribution >= 0.6 is 0 Å². The lowest BCUT2D eigenvalue weighted by Gasteiger charge is -2.32. The van der Waals surface area contributed by atoms with Crippen LogP contribution in [-0.2, 0) is 4.74 Å². The van der Waals surface area contributed by atoms with Crippen LogP contribution in [-0.4, -0.2) is 13.2 Å². The molecule has 0 spiro atoms. The van der Waals surface area contributed by atoms with Crippen LogP contribution < -0.4 is 0 Å². The molecule has 1 fully saturated rings. The van der Waals surface area contributed by atoms with Crippen LogP contribution in [0.5, 0.6) is 0 Å². The Balaban J connectivity index is 2.45. The molecular formula is C9H14O. The highest BCUT2D eigenvalue weighted by Crippen LogP contribution is 2.24. The van der Waals surface area contributed by atoms with Gasteiger partial charge in [0.05, 0.1) is 18.6 Å². The Hall–Kier alpha value is -0.480. The maximum Gasteiger partial charge on any atom is 0.0752 e. The first-order valence-corrected chi connectivity index (χ1v) is 3.73. The molecule has 0 aliphatic carbocycles. The van der Waals surface area contributed by atoms with Crippen molar-refractivity contribution in [3.05, 3.63) is 0 Å². The van der Waals surface area contributed by atoms with Gasteiger partial charge in [-0.15, -0.1) is 0 Å². The average Bonchev–Trinajstić information content (AvgIpc) is 1.79. The molecule has 1 aliphatic rings. The van der Waals surface area contributed by atoms with Gasteiger partial charge < -0.3 is 4.74 Å². The monoisotopic (exact) mass is 138 g/mol.